The van der Waals surface area contributed by atoms with Crippen molar-refractivity contribution in [2.45, 2.75) is 6.92 Å². The first-order valence-corrected chi connectivity index (χ1v) is 5.21. The summed E-state index contributed by atoms with van der Waals surface area (Å²) in [6.45, 7) is 6.44. The highest BCUT2D eigenvalue weighted by molar-refractivity contribution is 5.86. The lowest BCUT2D eigenvalue weighted by Crippen LogP contribution is -2.09. The fourth-order valence-corrected chi connectivity index (χ4v) is 0.572. The van der Waals surface area contributed by atoms with E-state index in [1.807, 2.05) is 0 Å². The molecule has 0 saturated heterocycles. The lowest BCUT2D eigenvalue weighted by Gasteiger charge is -2.01. The van der Waals surface area contributed by atoms with Gasteiger partial charge in [-0.3, -0.25) is 0 Å². The van der Waals surface area contributed by atoms with Gasteiger partial charge in [0.2, 0.25) is 0 Å². The fourth-order valence-electron chi connectivity index (χ4n) is 0.572. The Kier molecular flexibility index (Phi) is 16.3. The van der Waals surface area contributed by atoms with Gasteiger partial charge in [0.1, 0.15) is 6.61 Å². The maximum atomic E-state index is 10.6. The second kappa shape index (κ2) is 15.0. The fraction of sp³-hybridized carbons (Fsp3) is 0.727. The molecular formula is C11H22O6. The van der Waals surface area contributed by atoms with Crippen LogP contribution in [0.3, 0.4) is 0 Å². The molecule has 0 radical (unpaired) electrons. The van der Waals surface area contributed by atoms with E-state index in [0.29, 0.717) is 32.0 Å². The Morgan fingerprint density at radius 1 is 1.12 bits per heavy atom. The van der Waals surface area contributed by atoms with Gasteiger partial charge < -0.3 is 24.4 Å². The summed E-state index contributed by atoms with van der Waals surface area (Å²) < 4.78 is 14.0. The predicted octanol–water partition coefficient (Wildman–Crippen LogP) is -0.260. The molecule has 6 nitrogen and oxygen atoms in total. The normalized spacial score (nSPS) is 9.18. The molecule has 0 spiro atoms. The van der Waals surface area contributed by atoms with Crippen LogP contribution >= 0.6 is 0 Å². The number of aliphatic hydroxyl groups excluding tert-OH is 2. The summed E-state index contributed by atoms with van der Waals surface area (Å²) in [5.74, 6) is -0.364. The van der Waals surface area contributed by atoms with Crippen molar-refractivity contribution in [1.29, 1.82) is 0 Å². The molecule has 0 saturated carbocycles. The van der Waals surface area contributed by atoms with Crippen molar-refractivity contribution in [3.05, 3.63) is 12.2 Å². The second-order valence-corrected chi connectivity index (χ2v) is 2.97. The van der Waals surface area contributed by atoms with Crippen LogP contribution in [0.15, 0.2) is 12.2 Å². The Bertz CT molecular complexity index is 188. The maximum Gasteiger partial charge on any atom is 0.333 e. The van der Waals surface area contributed by atoms with Gasteiger partial charge in [-0.2, -0.15) is 0 Å². The van der Waals surface area contributed by atoms with E-state index < -0.39 is 0 Å². The van der Waals surface area contributed by atoms with Crippen LogP contribution in [0.25, 0.3) is 0 Å². The van der Waals surface area contributed by atoms with E-state index in [0.717, 1.165) is 0 Å². The first-order chi connectivity index (χ1) is 8.09. The summed E-state index contributed by atoms with van der Waals surface area (Å²) in [4.78, 5) is 10.6. The molecule has 0 aliphatic heterocycles. The van der Waals surface area contributed by atoms with Crippen molar-refractivity contribution in [1.82, 2.24) is 0 Å². The average molecular weight is 250 g/mol. The molecule has 6 heteroatoms. The molecule has 0 heterocycles. The Labute approximate surface area is 102 Å². The Morgan fingerprint density at radius 3 is 2.00 bits per heavy atom. The summed E-state index contributed by atoms with van der Waals surface area (Å²) in [6.07, 6.45) is 0. The van der Waals surface area contributed by atoms with Crippen molar-refractivity contribution in [2.75, 3.05) is 46.8 Å². The van der Waals surface area contributed by atoms with Crippen LogP contribution in [0.4, 0.5) is 0 Å². The summed E-state index contributed by atoms with van der Waals surface area (Å²) in [5, 5.41) is 16.2. The van der Waals surface area contributed by atoms with Crippen LogP contribution in [-0.2, 0) is 19.0 Å². The van der Waals surface area contributed by atoms with Gasteiger partial charge in [-0.05, 0) is 6.92 Å². The largest absolute Gasteiger partial charge is 0.460 e. The number of esters is 1. The number of aliphatic hydroxyl groups is 2. The zero-order valence-electron chi connectivity index (χ0n) is 10.5. The standard InChI is InChI=1S/C7H12O3.C4H10O3/c1-6(2)7(8)10-5-4-9-3;5-1-3-7-4-2-6/h1,4-5H2,2-3H3;5-6H,1-4H2. The van der Waals surface area contributed by atoms with Crippen LogP contribution < -0.4 is 0 Å². The van der Waals surface area contributed by atoms with Gasteiger partial charge in [0, 0.05) is 12.7 Å². The number of carbonyl (C=O) groups is 1. The van der Waals surface area contributed by atoms with Gasteiger partial charge in [-0.15, -0.1) is 0 Å². The Morgan fingerprint density at radius 2 is 1.65 bits per heavy atom. The van der Waals surface area contributed by atoms with E-state index in [1.165, 1.54) is 0 Å². The minimum Gasteiger partial charge on any atom is -0.460 e. The van der Waals surface area contributed by atoms with Gasteiger partial charge in [-0.25, -0.2) is 4.79 Å². The molecule has 0 aromatic heterocycles. The van der Waals surface area contributed by atoms with Gasteiger partial charge in [0.25, 0.3) is 0 Å². The second-order valence-electron chi connectivity index (χ2n) is 2.97. The molecular weight excluding hydrogens is 228 g/mol. The monoisotopic (exact) mass is 250 g/mol. The van der Waals surface area contributed by atoms with E-state index in [9.17, 15) is 4.79 Å². The molecule has 2 N–H and O–H groups in total. The minimum atomic E-state index is -0.364. The van der Waals surface area contributed by atoms with E-state index >= 15 is 0 Å². The number of rotatable bonds is 8. The molecule has 0 aromatic carbocycles. The summed E-state index contributed by atoms with van der Waals surface area (Å²) >= 11 is 0. The van der Waals surface area contributed by atoms with E-state index in [2.05, 4.69) is 20.8 Å². The molecule has 0 bridgehead atoms. The number of hydrogen-bond acceptors (Lipinski definition) is 6. The van der Waals surface area contributed by atoms with E-state index in [4.69, 9.17) is 10.2 Å². The topological polar surface area (TPSA) is 85.2 Å². The first-order valence-electron chi connectivity index (χ1n) is 5.21. The minimum absolute atomic E-state index is 0.0278. The summed E-state index contributed by atoms with van der Waals surface area (Å²) in [6, 6.07) is 0. The highest BCUT2D eigenvalue weighted by Crippen LogP contribution is 1.90. The van der Waals surface area contributed by atoms with Crippen molar-refractivity contribution in [3.63, 3.8) is 0 Å². The molecule has 102 valence electrons. The molecule has 0 amide bonds. The molecule has 0 fully saturated rings. The SMILES string of the molecule is C=C(C)C(=O)OCCOC.OCCOCCO. The zero-order valence-corrected chi connectivity index (χ0v) is 10.5. The van der Waals surface area contributed by atoms with E-state index in [-0.39, 0.29) is 19.2 Å². The lowest BCUT2D eigenvalue weighted by molar-refractivity contribution is -0.140. The first kappa shape index (κ1) is 18.4. The molecule has 0 aliphatic rings. The third kappa shape index (κ3) is 17.7. The molecule has 0 aromatic rings. The number of ether oxygens (including phenoxy) is 3. The predicted molar refractivity (Wildman–Crippen MR) is 62.6 cm³/mol. The quantitative estimate of drug-likeness (QED) is 0.351. The molecule has 0 unspecified atom stereocenters. The summed E-state index contributed by atoms with van der Waals surface area (Å²) in [7, 11) is 1.55. The maximum absolute atomic E-state index is 10.6. The molecule has 0 aliphatic carbocycles. The average Bonchev–Trinajstić information content (AvgIpc) is 2.30. The number of methoxy groups -OCH3 is 1. The van der Waals surface area contributed by atoms with Crippen LogP contribution in [0.1, 0.15) is 6.92 Å². The Balaban J connectivity index is 0. The van der Waals surface area contributed by atoms with Gasteiger partial charge in [-0.1, -0.05) is 6.58 Å². The third-order valence-corrected chi connectivity index (χ3v) is 1.34. The van der Waals surface area contributed by atoms with Crippen molar-refractivity contribution >= 4 is 5.97 Å². The van der Waals surface area contributed by atoms with Crippen LogP contribution in [0, 0.1) is 0 Å². The smallest absolute Gasteiger partial charge is 0.333 e. The van der Waals surface area contributed by atoms with Crippen LogP contribution in [0.5, 0.6) is 0 Å². The van der Waals surface area contributed by atoms with Crippen molar-refractivity contribution in [2.24, 2.45) is 0 Å². The third-order valence-electron chi connectivity index (χ3n) is 1.34. The molecule has 0 rings (SSSR count). The van der Waals surface area contributed by atoms with Crippen LogP contribution in [-0.4, -0.2) is 62.9 Å². The van der Waals surface area contributed by atoms with Crippen molar-refractivity contribution in [3.8, 4) is 0 Å². The summed E-state index contributed by atoms with van der Waals surface area (Å²) in [5.41, 5.74) is 0.413. The number of carbonyl (C=O) groups excluding carboxylic acids is 1. The zero-order chi connectivity index (χ0) is 13.5. The number of hydrogen-bond donors (Lipinski definition) is 2. The van der Waals surface area contributed by atoms with Crippen LogP contribution in [0.2, 0.25) is 0 Å². The lowest BCUT2D eigenvalue weighted by atomic mass is 10.4. The van der Waals surface area contributed by atoms with Gasteiger partial charge in [0.15, 0.2) is 0 Å². The highest BCUT2D eigenvalue weighted by atomic mass is 16.6. The molecule has 0 atom stereocenters. The van der Waals surface area contributed by atoms with Gasteiger partial charge >= 0.3 is 5.97 Å². The van der Waals surface area contributed by atoms with E-state index in [1.54, 1.807) is 14.0 Å². The molecule has 17 heavy (non-hydrogen) atoms. The highest BCUT2D eigenvalue weighted by Gasteiger charge is 2.00. The Hall–Kier alpha value is -0.950. The van der Waals surface area contributed by atoms with Gasteiger partial charge in [0.05, 0.1) is 33.0 Å². The van der Waals surface area contributed by atoms with Crippen molar-refractivity contribution < 1.29 is 29.2 Å².